The third kappa shape index (κ3) is 3.08. The van der Waals surface area contributed by atoms with Crippen molar-refractivity contribution in [2.45, 2.75) is 12.8 Å². The van der Waals surface area contributed by atoms with Crippen LogP contribution in [0.4, 0.5) is 0 Å². The highest BCUT2D eigenvalue weighted by Gasteiger charge is 2.30. The molecule has 1 aliphatic heterocycles. The van der Waals surface area contributed by atoms with Crippen molar-refractivity contribution in [3.63, 3.8) is 0 Å². The van der Waals surface area contributed by atoms with Gasteiger partial charge in [-0.25, -0.2) is 4.98 Å². The van der Waals surface area contributed by atoms with Gasteiger partial charge in [0.15, 0.2) is 10.8 Å². The van der Waals surface area contributed by atoms with Crippen LogP contribution in [-0.2, 0) is 0 Å². The quantitative estimate of drug-likeness (QED) is 0.478. The Kier molecular flexibility index (Phi) is 4.37. The Labute approximate surface area is 169 Å². The van der Waals surface area contributed by atoms with E-state index in [2.05, 4.69) is 13.7 Å². The number of Topliss-reactive ketones (excluding diaryl/α,β-unsaturated/α-hetero) is 1. The van der Waals surface area contributed by atoms with E-state index >= 15 is 0 Å². The molecule has 0 atom stereocenters. The number of hydrogen-bond donors (Lipinski definition) is 0. The Morgan fingerprint density at radius 2 is 1.75 bits per heavy atom. The number of nitrogens with zero attached hydrogens (tertiary/aromatic N) is 4. The summed E-state index contributed by atoms with van der Waals surface area (Å²) in [5.74, 6) is 0.0129. The van der Waals surface area contributed by atoms with Gasteiger partial charge in [0, 0.05) is 24.6 Å². The number of likely N-dealkylation sites (tertiary alicyclic amines) is 1. The third-order valence-electron chi connectivity index (χ3n) is 5.16. The normalized spacial score (nSPS) is 15.4. The maximum atomic E-state index is 12.9. The number of thiazole rings is 1. The van der Waals surface area contributed by atoms with E-state index in [-0.39, 0.29) is 17.6 Å². The molecule has 0 spiro atoms. The molecule has 0 aliphatic carbocycles. The number of piperidine rings is 1. The van der Waals surface area contributed by atoms with E-state index in [9.17, 15) is 9.59 Å². The highest BCUT2D eigenvalue weighted by Crippen LogP contribution is 2.28. The molecule has 140 valence electrons. The minimum Gasteiger partial charge on any atom is -0.339 e. The van der Waals surface area contributed by atoms with Gasteiger partial charge in [-0.1, -0.05) is 12.1 Å². The average Bonchev–Trinajstić information content (AvgIpc) is 3.39. The van der Waals surface area contributed by atoms with Crippen LogP contribution in [0.2, 0.25) is 0 Å². The molecule has 1 aliphatic rings. The minimum atomic E-state index is -0.0742. The Balaban J connectivity index is 1.27. The van der Waals surface area contributed by atoms with Gasteiger partial charge in [-0.05, 0) is 43.2 Å². The number of carbonyl (C=O) groups excluding carboxylic acids is 2. The zero-order valence-electron chi connectivity index (χ0n) is 14.9. The predicted octanol–water partition coefficient (Wildman–Crippen LogP) is 4.04. The Morgan fingerprint density at radius 3 is 2.57 bits per heavy atom. The van der Waals surface area contributed by atoms with Crippen LogP contribution in [0.3, 0.4) is 0 Å². The van der Waals surface area contributed by atoms with E-state index in [0.717, 1.165) is 33.0 Å². The Morgan fingerprint density at radius 1 is 0.964 bits per heavy atom. The summed E-state index contributed by atoms with van der Waals surface area (Å²) in [6.45, 7) is 1.15. The lowest BCUT2D eigenvalue weighted by atomic mass is 9.92. The van der Waals surface area contributed by atoms with Crippen molar-refractivity contribution in [2.75, 3.05) is 13.1 Å². The first-order valence-corrected chi connectivity index (χ1v) is 10.6. The van der Waals surface area contributed by atoms with Crippen LogP contribution < -0.4 is 0 Å². The molecule has 1 saturated heterocycles. The van der Waals surface area contributed by atoms with E-state index in [1.807, 2.05) is 35.2 Å². The first kappa shape index (κ1) is 17.4. The molecule has 0 unspecified atom stereocenters. The van der Waals surface area contributed by atoms with Crippen molar-refractivity contribution in [3.8, 4) is 0 Å². The molecular formula is C20H16N4O2S2. The molecule has 5 rings (SSSR count). The SMILES string of the molecule is O=C(c1nc2ccccc2s1)C1CCN(C(=O)c2ccc3nsnc3c2)CC1. The van der Waals surface area contributed by atoms with Gasteiger partial charge >= 0.3 is 0 Å². The second-order valence-corrected chi connectivity index (χ2v) is 8.44. The molecule has 28 heavy (non-hydrogen) atoms. The van der Waals surface area contributed by atoms with Gasteiger partial charge in [0.25, 0.3) is 5.91 Å². The van der Waals surface area contributed by atoms with Crippen molar-refractivity contribution in [3.05, 3.63) is 53.0 Å². The largest absolute Gasteiger partial charge is 0.339 e. The highest BCUT2D eigenvalue weighted by molar-refractivity contribution is 7.20. The van der Waals surface area contributed by atoms with Crippen LogP contribution in [0.15, 0.2) is 42.5 Å². The summed E-state index contributed by atoms with van der Waals surface area (Å²) in [6, 6.07) is 13.2. The van der Waals surface area contributed by atoms with E-state index in [1.54, 1.807) is 12.1 Å². The first-order valence-electron chi connectivity index (χ1n) is 9.10. The van der Waals surface area contributed by atoms with Crippen LogP contribution in [0.5, 0.6) is 0 Å². The Hall–Kier alpha value is -2.71. The maximum absolute atomic E-state index is 12.9. The van der Waals surface area contributed by atoms with Crippen LogP contribution >= 0.6 is 23.1 Å². The second-order valence-electron chi connectivity index (χ2n) is 6.89. The zero-order valence-corrected chi connectivity index (χ0v) is 16.5. The molecular weight excluding hydrogens is 392 g/mol. The topological polar surface area (TPSA) is 76.1 Å². The van der Waals surface area contributed by atoms with Gasteiger partial charge in [-0.2, -0.15) is 8.75 Å². The summed E-state index contributed by atoms with van der Waals surface area (Å²) in [6.07, 6.45) is 1.34. The fourth-order valence-electron chi connectivity index (χ4n) is 3.59. The summed E-state index contributed by atoms with van der Waals surface area (Å²) in [7, 11) is 0. The van der Waals surface area contributed by atoms with Crippen LogP contribution in [-0.4, -0.2) is 43.4 Å². The van der Waals surface area contributed by atoms with E-state index in [0.29, 0.717) is 36.5 Å². The van der Waals surface area contributed by atoms with Crippen LogP contribution in [0.25, 0.3) is 21.3 Å². The predicted molar refractivity (Wildman–Crippen MR) is 110 cm³/mol. The molecule has 6 nitrogen and oxygen atoms in total. The standard InChI is InChI=1S/C20H16N4O2S2/c25-18(19-21-15-3-1-2-4-17(15)27-19)12-7-9-24(10-8-12)20(26)13-5-6-14-16(11-13)23-28-22-14/h1-6,11-12H,7-10H2. The number of carbonyl (C=O) groups is 2. The van der Waals surface area contributed by atoms with Gasteiger partial charge in [0.2, 0.25) is 0 Å². The molecule has 0 saturated carbocycles. The summed E-state index contributed by atoms with van der Waals surface area (Å²) in [4.78, 5) is 32.0. The summed E-state index contributed by atoms with van der Waals surface area (Å²) < 4.78 is 9.40. The monoisotopic (exact) mass is 408 g/mol. The number of fused-ring (bicyclic) bond motifs is 2. The summed E-state index contributed by atoms with van der Waals surface area (Å²) >= 11 is 2.60. The van der Waals surface area contributed by atoms with Gasteiger partial charge in [-0.3, -0.25) is 9.59 Å². The van der Waals surface area contributed by atoms with Gasteiger partial charge < -0.3 is 4.90 Å². The van der Waals surface area contributed by atoms with Gasteiger partial charge in [0.1, 0.15) is 11.0 Å². The highest BCUT2D eigenvalue weighted by atomic mass is 32.1. The molecule has 2 aromatic heterocycles. The number of amides is 1. The molecule has 2 aromatic carbocycles. The van der Waals surface area contributed by atoms with Crippen molar-refractivity contribution in [2.24, 2.45) is 5.92 Å². The maximum Gasteiger partial charge on any atom is 0.253 e. The summed E-state index contributed by atoms with van der Waals surface area (Å²) in [5.41, 5.74) is 3.05. The van der Waals surface area contributed by atoms with Crippen molar-refractivity contribution in [1.82, 2.24) is 18.6 Å². The fraction of sp³-hybridized carbons (Fsp3) is 0.250. The molecule has 0 radical (unpaired) electrons. The number of ketones is 1. The lowest BCUT2D eigenvalue weighted by Gasteiger charge is -2.31. The molecule has 8 heteroatoms. The lowest BCUT2D eigenvalue weighted by molar-refractivity contribution is 0.0650. The van der Waals surface area contributed by atoms with Crippen LogP contribution in [0.1, 0.15) is 33.0 Å². The number of para-hydroxylation sites is 1. The smallest absolute Gasteiger partial charge is 0.253 e. The zero-order chi connectivity index (χ0) is 19.1. The Bertz CT molecular complexity index is 1140. The number of rotatable bonds is 3. The van der Waals surface area contributed by atoms with Crippen molar-refractivity contribution >= 4 is 56.0 Å². The first-order chi connectivity index (χ1) is 13.7. The molecule has 1 amide bonds. The van der Waals surface area contributed by atoms with E-state index in [4.69, 9.17) is 0 Å². The molecule has 4 aromatic rings. The number of hydrogen-bond acceptors (Lipinski definition) is 7. The third-order valence-corrected chi connectivity index (χ3v) is 6.77. The molecule has 3 heterocycles. The van der Waals surface area contributed by atoms with Gasteiger partial charge in [0.05, 0.1) is 21.9 Å². The minimum absolute atomic E-state index is 0.0132. The van der Waals surface area contributed by atoms with Crippen LogP contribution in [0, 0.1) is 5.92 Å². The molecule has 1 fully saturated rings. The van der Waals surface area contributed by atoms with E-state index < -0.39 is 0 Å². The average molecular weight is 409 g/mol. The number of benzene rings is 2. The fourth-order valence-corrected chi connectivity index (χ4v) is 5.10. The number of aromatic nitrogens is 3. The molecule has 0 N–H and O–H groups in total. The lowest BCUT2D eigenvalue weighted by Crippen LogP contribution is -2.40. The van der Waals surface area contributed by atoms with Crippen molar-refractivity contribution in [1.29, 1.82) is 0 Å². The van der Waals surface area contributed by atoms with E-state index in [1.165, 1.54) is 11.3 Å². The molecule has 0 bridgehead atoms. The second kappa shape index (κ2) is 7.03. The van der Waals surface area contributed by atoms with Gasteiger partial charge in [-0.15, -0.1) is 11.3 Å². The summed E-state index contributed by atoms with van der Waals surface area (Å²) in [5, 5.41) is 0.576. The van der Waals surface area contributed by atoms with Crippen molar-refractivity contribution < 1.29 is 9.59 Å².